The highest BCUT2D eigenvalue weighted by atomic mass is 79.9. The number of fused-ring (bicyclic) bond motifs is 1. The Bertz CT molecular complexity index is 627. The Balaban J connectivity index is 1.65. The van der Waals surface area contributed by atoms with E-state index in [0.717, 1.165) is 10.4 Å². The second-order valence-corrected chi connectivity index (χ2v) is 7.86. The Morgan fingerprint density at radius 2 is 1.70 bits per heavy atom. The van der Waals surface area contributed by atoms with Gasteiger partial charge in [-0.25, -0.2) is 0 Å². The Labute approximate surface area is 149 Å². The zero-order chi connectivity index (χ0) is 16.1. The van der Waals surface area contributed by atoms with Gasteiger partial charge in [0, 0.05) is 4.47 Å². The highest BCUT2D eigenvalue weighted by Gasteiger charge is 2.18. The quantitative estimate of drug-likeness (QED) is 0.471. The maximum atomic E-state index is 3.51. The summed E-state index contributed by atoms with van der Waals surface area (Å²) in [5, 5.41) is 0. The Morgan fingerprint density at radius 3 is 2.48 bits per heavy atom. The molecule has 0 aliphatic heterocycles. The van der Waals surface area contributed by atoms with Crippen molar-refractivity contribution in [3.8, 4) is 11.1 Å². The van der Waals surface area contributed by atoms with Gasteiger partial charge in [0.25, 0.3) is 0 Å². The van der Waals surface area contributed by atoms with Crippen LogP contribution in [0.1, 0.15) is 56.6 Å². The molecule has 0 saturated heterocycles. The van der Waals surface area contributed by atoms with Crippen LogP contribution in [0.2, 0.25) is 0 Å². The predicted octanol–water partition coefficient (Wildman–Crippen LogP) is 7.19. The first-order valence-corrected chi connectivity index (χ1v) is 9.93. The van der Waals surface area contributed by atoms with Crippen LogP contribution >= 0.6 is 15.9 Å². The van der Waals surface area contributed by atoms with Gasteiger partial charge in [-0.2, -0.15) is 0 Å². The molecule has 1 heteroatoms. The fraction of sp³-hybridized carbons (Fsp3) is 0.455. The van der Waals surface area contributed by atoms with E-state index < -0.39 is 0 Å². The first kappa shape index (κ1) is 16.8. The largest absolute Gasteiger partial charge is 0.0654 e. The van der Waals surface area contributed by atoms with E-state index in [4.69, 9.17) is 0 Å². The number of halogens is 1. The topological polar surface area (TPSA) is 0 Å². The SMILES string of the molecule is CCCCCCC1CCc2cc(-c3ccc(Br)cc3)ccc2C1. The third-order valence-corrected chi connectivity index (χ3v) is 5.71. The number of aryl methyl sites for hydroxylation is 1. The molecular formula is C22H27Br. The maximum Gasteiger partial charge on any atom is 0.0175 e. The highest BCUT2D eigenvalue weighted by Crippen LogP contribution is 2.32. The zero-order valence-corrected chi connectivity index (χ0v) is 15.7. The monoisotopic (exact) mass is 370 g/mol. The maximum absolute atomic E-state index is 3.51. The fourth-order valence-corrected chi connectivity index (χ4v) is 4.02. The summed E-state index contributed by atoms with van der Waals surface area (Å²) >= 11 is 3.51. The highest BCUT2D eigenvalue weighted by molar-refractivity contribution is 9.10. The van der Waals surface area contributed by atoms with E-state index in [-0.39, 0.29) is 0 Å². The van der Waals surface area contributed by atoms with Gasteiger partial charge in [0.15, 0.2) is 0 Å². The molecule has 3 rings (SSSR count). The summed E-state index contributed by atoms with van der Waals surface area (Å²) in [6, 6.07) is 15.8. The summed E-state index contributed by atoms with van der Waals surface area (Å²) in [7, 11) is 0. The van der Waals surface area contributed by atoms with Crippen molar-refractivity contribution in [1.82, 2.24) is 0 Å². The normalized spacial score (nSPS) is 17.0. The number of hydrogen-bond acceptors (Lipinski definition) is 0. The molecule has 1 atom stereocenters. The van der Waals surface area contributed by atoms with Gasteiger partial charge >= 0.3 is 0 Å². The predicted molar refractivity (Wildman–Crippen MR) is 104 cm³/mol. The molecule has 2 aromatic rings. The molecule has 122 valence electrons. The number of benzene rings is 2. The lowest BCUT2D eigenvalue weighted by atomic mass is 9.80. The molecule has 0 nitrogen and oxygen atoms in total. The van der Waals surface area contributed by atoms with Gasteiger partial charge in [-0.3, -0.25) is 0 Å². The van der Waals surface area contributed by atoms with Crippen molar-refractivity contribution in [2.75, 3.05) is 0 Å². The van der Waals surface area contributed by atoms with E-state index in [0.29, 0.717) is 0 Å². The van der Waals surface area contributed by atoms with Gasteiger partial charge in [-0.1, -0.05) is 85.3 Å². The van der Waals surface area contributed by atoms with Crippen LogP contribution in [0.4, 0.5) is 0 Å². The van der Waals surface area contributed by atoms with Gasteiger partial charge < -0.3 is 0 Å². The van der Waals surface area contributed by atoms with Crippen molar-refractivity contribution in [3.05, 3.63) is 58.1 Å². The van der Waals surface area contributed by atoms with Crippen LogP contribution in [0, 0.1) is 5.92 Å². The minimum absolute atomic E-state index is 0.915. The minimum Gasteiger partial charge on any atom is -0.0654 e. The van der Waals surface area contributed by atoms with E-state index in [1.807, 2.05) is 0 Å². The van der Waals surface area contributed by atoms with E-state index >= 15 is 0 Å². The standard InChI is InChI=1S/C22H27Br/c1-2-3-4-5-6-17-7-8-21-16-20(10-9-19(21)15-17)18-11-13-22(23)14-12-18/h9-14,16-17H,2-8,15H2,1H3. The van der Waals surface area contributed by atoms with Crippen molar-refractivity contribution in [3.63, 3.8) is 0 Å². The second-order valence-electron chi connectivity index (χ2n) is 6.95. The molecule has 0 radical (unpaired) electrons. The van der Waals surface area contributed by atoms with Crippen LogP contribution in [0.5, 0.6) is 0 Å². The van der Waals surface area contributed by atoms with E-state index in [9.17, 15) is 0 Å². The lowest BCUT2D eigenvalue weighted by molar-refractivity contribution is 0.406. The van der Waals surface area contributed by atoms with Crippen LogP contribution in [0.3, 0.4) is 0 Å². The van der Waals surface area contributed by atoms with Crippen LogP contribution in [0.15, 0.2) is 46.9 Å². The summed E-state index contributed by atoms with van der Waals surface area (Å²) in [4.78, 5) is 0. The van der Waals surface area contributed by atoms with Crippen molar-refractivity contribution < 1.29 is 0 Å². The van der Waals surface area contributed by atoms with E-state index in [1.54, 1.807) is 11.1 Å². The molecule has 0 amide bonds. The van der Waals surface area contributed by atoms with Gasteiger partial charge in [-0.05, 0) is 59.6 Å². The minimum atomic E-state index is 0.915. The third-order valence-electron chi connectivity index (χ3n) is 5.18. The average molecular weight is 371 g/mol. The van der Waals surface area contributed by atoms with Crippen molar-refractivity contribution in [2.24, 2.45) is 5.92 Å². The second kappa shape index (κ2) is 8.15. The Kier molecular flexibility index (Phi) is 5.94. The summed E-state index contributed by atoms with van der Waals surface area (Å²) < 4.78 is 1.14. The molecule has 1 unspecified atom stereocenters. The Morgan fingerprint density at radius 1 is 0.913 bits per heavy atom. The molecule has 0 bridgehead atoms. The molecule has 0 saturated carbocycles. The molecule has 0 fully saturated rings. The summed E-state index contributed by atoms with van der Waals surface area (Å²) in [5.74, 6) is 0.915. The van der Waals surface area contributed by atoms with E-state index in [1.165, 1.54) is 62.5 Å². The lowest BCUT2D eigenvalue weighted by Crippen LogP contribution is -2.14. The van der Waals surface area contributed by atoms with Gasteiger partial charge in [0.2, 0.25) is 0 Å². The van der Waals surface area contributed by atoms with Crippen molar-refractivity contribution in [2.45, 2.75) is 58.3 Å². The first-order chi connectivity index (χ1) is 11.3. The number of rotatable bonds is 6. The van der Waals surface area contributed by atoms with Crippen LogP contribution in [-0.2, 0) is 12.8 Å². The van der Waals surface area contributed by atoms with Crippen LogP contribution in [-0.4, -0.2) is 0 Å². The third kappa shape index (κ3) is 4.47. The zero-order valence-electron chi connectivity index (χ0n) is 14.2. The molecule has 0 N–H and O–H groups in total. The molecule has 0 heterocycles. The Hall–Kier alpha value is -1.08. The molecule has 1 aliphatic carbocycles. The van der Waals surface area contributed by atoms with Gasteiger partial charge in [0.1, 0.15) is 0 Å². The average Bonchev–Trinajstić information content (AvgIpc) is 2.59. The fourth-order valence-electron chi connectivity index (χ4n) is 3.76. The smallest absolute Gasteiger partial charge is 0.0175 e. The van der Waals surface area contributed by atoms with Crippen LogP contribution < -0.4 is 0 Å². The van der Waals surface area contributed by atoms with Crippen molar-refractivity contribution >= 4 is 15.9 Å². The first-order valence-electron chi connectivity index (χ1n) is 9.14. The molecule has 0 spiro atoms. The summed E-state index contributed by atoms with van der Waals surface area (Å²) in [5.41, 5.74) is 5.85. The molecule has 23 heavy (non-hydrogen) atoms. The van der Waals surface area contributed by atoms with Gasteiger partial charge in [0.05, 0.1) is 0 Å². The summed E-state index contributed by atoms with van der Waals surface area (Å²) in [6.07, 6.45) is 10.9. The molecule has 0 aromatic heterocycles. The van der Waals surface area contributed by atoms with E-state index in [2.05, 4.69) is 65.3 Å². The van der Waals surface area contributed by atoms with Crippen molar-refractivity contribution in [1.29, 1.82) is 0 Å². The van der Waals surface area contributed by atoms with Crippen LogP contribution in [0.25, 0.3) is 11.1 Å². The molecule has 2 aromatic carbocycles. The molecular weight excluding hydrogens is 344 g/mol. The molecule has 1 aliphatic rings. The lowest BCUT2D eigenvalue weighted by Gasteiger charge is -2.25. The van der Waals surface area contributed by atoms with Gasteiger partial charge in [-0.15, -0.1) is 0 Å². The number of hydrogen-bond donors (Lipinski definition) is 0. The number of unbranched alkanes of at least 4 members (excludes halogenated alkanes) is 3. The summed E-state index contributed by atoms with van der Waals surface area (Å²) in [6.45, 7) is 2.29.